The van der Waals surface area contributed by atoms with Gasteiger partial charge < -0.3 is 29.2 Å². The second kappa shape index (κ2) is 43.4. The number of ether oxygens (including phenoxy) is 4. The molecule has 422 valence electrons. The maximum Gasteiger partial charge on any atom is 0.306 e. The largest absolute Gasteiger partial charge is 0.466 e. The molecule has 1 saturated carbocycles. The predicted octanol–water partition coefficient (Wildman–Crippen LogP) is 17.0. The summed E-state index contributed by atoms with van der Waals surface area (Å²) in [5, 5.41) is 2.99. The number of likely N-dealkylation sites (tertiary alicyclic amines) is 1. The zero-order valence-electron chi connectivity index (χ0n) is 49.0. The molecule has 1 saturated heterocycles. The molecule has 0 spiro atoms. The Bertz CT molecular complexity index is 1350. The van der Waals surface area contributed by atoms with Crippen LogP contribution in [-0.4, -0.2) is 88.7 Å². The summed E-state index contributed by atoms with van der Waals surface area (Å²) in [7, 11) is 0. The van der Waals surface area contributed by atoms with Gasteiger partial charge in [-0.05, 0) is 157 Å². The number of nitrogens with zero attached hydrogens (tertiary/aromatic N) is 1. The van der Waals surface area contributed by atoms with Gasteiger partial charge in [-0.25, -0.2) is 0 Å². The lowest BCUT2D eigenvalue weighted by Gasteiger charge is -2.41. The molecule has 2 rings (SSSR count). The molecule has 2 aliphatic rings. The highest BCUT2D eigenvalue weighted by atomic mass is 16.6. The van der Waals surface area contributed by atoms with Gasteiger partial charge >= 0.3 is 5.97 Å². The van der Waals surface area contributed by atoms with Crippen LogP contribution in [0.25, 0.3) is 0 Å². The van der Waals surface area contributed by atoms with E-state index in [0.717, 1.165) is 101 Å². The van der Waals surface area contributed by atoms with Gasteiger partial charge in [0, 0.05) is 32.7 Å². The Labute approximate surface area is 446 Å². The fourth-order valence-electron chi connectivity index (χ4n) is 12.1. The molecule has 1 aliphatic heterocycles. The highest BCUT2D eigenvalue weighted by Crippen LogP contribution is 2.56. The van der Waals surface area contributed by atoms with Crippen LogP contribution in [0, 0.1) is 34.5 Å². The third-order valence-corrected chi connectivity index (χ3v) is 17.0. The van der Waals surface area contributed by atoms with E-state index in [9.17, 15) is 9.59 Å². The van der Waals surface area contributed by atoms with Crippen LogP contribution in [0.2, 0.25) is 0 Å². The van der Waals surface area contributed by atoms with E-state index in [0.29, 0.717) is 45.0 Å². The van der Waals surface area contributed by atoms with Crippen molar-refractivity contribution in [1.82, 2.24) is 10.2 Å². The van der Waals surface area contributed by atoms with Gasteiger partial charge in [0.25, 0.3) is 0 Å². The second-order valence-corrected chi connectivity index (χ2v) is 23.9. The number of amides is 1. The van der Waals surface area contributed by atoms with E-state index in [1.807, 2.05) is 0 Å². The van der Waals surface area contributed by atoms with Crippen molar-refractivity contribution < 1.29 is 28.5 Å². The smallest absolute Gasteiger partial charge is 0.306 e. The van der Waals surface area contributed by atoms with Gasteiger partial charge in [-0.2, -0.15) is 0 Å². The predicted molar refractivity (Wildman–Crippen MR) is 307 cm³/mol. The van der Waals surface area contributed by atoms with E-state index >= 15 is 0 Å². The number of piperidine rings is 1. The fourth-order valence-corrected chi connectivity index (χ4v) is 12.1. The molecule has 0 bridgehead atoms. The first-order chi connectivity index (χ1) is 35.0. The van der Waals surface area contributed by atoms with E-state index in [4.69, 9.17) is 18.9 Å². The first-order valence-corrected chi connectivity index (χ1v) is 31.2. The summed E-state index contributed by atoms with van der Waals surface area (Å²) < 4.78 is 24.0. The molecule has 0 aromatic heterocycles. The monoisotopic (exact) mass is 1010 g/mol. The highest BCUT2D eigenvalue weighted by Gasteiger charge is 2.47. The molecule has 0 aromatic rings. The van der Waals surface area contributed by atoms with E-state index < -0.39 is 0 Å². The molecule has 1 amide bonds. The minimum atomic E-state index is -0.262. The van der Waals surface area contributed by atoms with Crippen LogP contribution in [0.15, 0.2) is 24.3 Å². The summed E-state index contributed by atoms with van der Waals surface area (Å²) in [6, 6.07) is 0. The van der Waals surface area contributed by atoms with Crippen molar-refractivity contribution in [1.29, 1.82) is 0 Å². The summed E-state index contributed by atoms with van der Waals surface area (Å²) >= 11 is 0. The Morgan fingerprint density at radius 2 is 1.38 bits per heavy atom. The Morgan fingerprint density at radius 3 is 2.08 bits per heavy atom. The molecule has 2 unspecified atom stereocenters. The zero-order chi connectivity index (χ0) is 52.4. The van der Waals surface area contributed by atoms with Gasteiger partial charge in [-0.1, -0.05) is 170 Å². The van der Waals surface area contributed by atoms with Gasteiger partial charge in [0.1, 0.15) is 0 Å². The summed E-state index contributed by atoms with van der Waals surface area (Å²) in [6.07, 6.45) is 48.2. The number of nitrogens with one attached hydrogen (secondary N) is 1. The number of allylic oxidation sites excluding steroid dienone is 4. The summed E-state index contributed by atoms with van der Waals surface area (Å²) in [5.41, 5.74) is 0.736. The SMILES string of the molecule is CCCCC/C=C\C/C=C\CCCCCCCCOCC(CN1CCCCC1)OCCOCCCCCNC(=O)CCC(=O)OCCC[C@@](C)(CC)CCC[C@@]1(C)C(CCC)CC[C@@H]1[C@H](C)CCCC(C)C. The normalized spacial score (nSPS) is 20.5. The molecule has 72 heavy (non-hydrogen) atoms. The van der Waals surface area contributed by atoms with E-state index in [2.05, 4.69) is 89.9 Å². The van der Waals surface area contributed by atoms with Crippen molar-refractivity contribution in [3.8, 4) is 0 Å². The van der Waals surface area contributed by atoms with Crippen molar-refractivity contribution in [2.45, 2.75) is 273 Å². The first kappa shape index (κ1) is 66.4. The van der Waals surface area contributed by atoms with Crippen LogP contribution in [-0.2, 0) is 28.5 Å². The van der Waals surface area contributed by atoms with Gasteiger partial charge in [0.15, 0.2) is 0 Å². The quantitative estimate of drug-likeness (QED) is 0.0369. The number of carbonyl (C=O) groups excluding carboxylic acids is 2. The average molecular weight is 1010 g/mol. The van der Waals surface area contributed by atoms with Crippen LogP contribution in [0.3, 0.4) is 0 Å². The minimum absolute atomic E-state index is 0.0761. The number of hydrogen-bond acceptors (Lipinski definition) is 7. The van der Waals surface area contributed by atoms with Gasteiger partial charge in [-0.15, -0.1) is 0 Å². The standard InChI is InChI=1S/C64H120N2O6/c1-9-12-13-14-15-16-17-18-19-20-21-22-23-24-25-31-50-70-55-59(54-66-47-29-27-30-48-66)71-53-52-69-49-32-26-28-46-65-61(67)41-42-62(68)72-51-35-44-63(7,11-3)43-34-45-64(8)58(36-10-2)39-40-60(64)57(6)38-33-37-56(4)5/h15-16,18-19,56-60H,9-14,17,20-55H2,1-8H3,(H,65,67)/b16-15-,19-18-/t57-,58?,59?,60-,63+,64+/m1/s1. The van der Waals surface area contributed by atoms with E-state index in [-0.39, 0.29) is 36.2 Å². The van der Waals surface area contributed by atoms with Crippen LogP contribution in [0.5, 0.6) is 0 Å². The highest BCUT2D eigenvalue weighted by molar-refractivity contribution is 5.81. The molecule has 1 heterocycles. The molecular weight excluding hydrogens is 893 g/mol. The lowest BCUT2D eigenvalue weighted by Crippen LogP contribution is -2.40. The number of rotatable bonds is 48. The average Bonchev–Trinajstić information content (AvgIpc) is 3.69. The minimum Gasteiger partial charge on any atom is -0.466 e. The maximum atomic E-state index is 12.5. The maximum absolute atomic E-state index is 12.5. The summed E-state index contributed by atoms with van der Waals surface area (Å²) in [5.74, 6) is 3.02. The molecule has 8 nitrogen and oxygen atoms in total. The number of unbranched alkanes of at least 4 members (excludes halogenated alkanes) is 11. The van der Waals surface area contributed by atoms with Crippen LogP contribution < -0.4 is 5.32 Å². The second-order valence-electron chi connectivity index (χ2n) is 23.9. The van der Waals surface area contributed by atoms with Crippen molar-refractivity contribution in [3.05, 3.63) is 24.3 Å². The molecule has 8 heteroatoms. The topological polar surface area (TPSA) is 86.3 Å². The summed E-state index contributed by atoms with van der Waals surface area (Å²) in [6.45, 7) is 27.0. The van der Waals surface area contributed by atoms with E-state index in [1.165, 1.54) is 148 Å². The van der Waals surface area contributed by atoms with Gasteiger partial charge in [0.2, 0.25) is 5.91 Å². The Hall–Kier alpha value is -1.74. The van der Waals surface area contributed by atoms with Crippen LogP contribution in [0.1, 0.15) is 267 Å². The molecule has 6 atom stereocenters. The molecule has 0 aromatic carbocycles. The van der Waals surface area contributed by atoms with E-state index in [1.54, 1.807) is 0 Å². The molecule has 1 aliphatic carbocycles. The molecule has 2 fully saturated rings. The fraction of sp³-hybridized carbons (Fsp3) is 0.906. The number of carbonyl (C=O) groups is 2. The van der Waals surface area contributed by atoms with Crippen molar-refractivity contribution >= 4 is 11.9 Å². The van der Waals surface area contributed by atoms with Crippen molar-refractivity contribution in [2.24, 2.45) is 34.5 Å². The Balaban J connectivity index is 1.50. The molecular formula is C64H120N2O6. The Kier molecular flexibility index (Phi) is 40.0. The number of esters is 1. The van der Waals surface area contributed by atoms with Crippen molar-refractivity contribution in [3.63, 3.8) is 0 Å². The Morgan fingerprint density at radius 1 is 0.694 bits per heavy atom. The third kappa shape index (κ3) is 32.6. The van der Waals surface area contributed by atoms with Crippen LogP contribution in [0.4, 0.5) is 0 Å². The molecule has 0 radical (unpaired) electrons. The van der Waals surface area contributed by atoms with Crippen LogP contribution >= 0.6 is 0 Å². The van der Waals surface area contributed by atoms with Crippen molar-refractivity contribution in [2.75, 3.05) is 65.8 Å². The molecule has 1 N–H and O–H groups in total. The summed E-state index contributed by atoms with van der Waals surface area (Å²) in [4.78, 5) is 27.6. The van der Waals surface area contributed by atoms with Gasteiger partial charge in [0.05, 0.1) is 39.0 Å². The lowest BCUT2D eigenvalue weighted by molar-refractivity contribution is -0.145. The first-order valence-electron chi connectivity index (χ1n) is 31.2. The number of hydrogen-bond donors (Lipinski definition) is 1. The van der Waals surface area contributed by atoms with Gasteiger partial charge in [-0.3, -0.25) is 9.59 Å². The lowest BCUT2D eigenvalue weighted by atomic mass is 9.64. The zero-order valence-corrected chi connectivity index (χ0v) is 49.0. The third-order valence-electron chi connectivity index (χ3n) is 17.0.